The summed E-state index contributed by atoms with van der Waals surface area (Å²) in [5, 5.41) is 13.0. The van der Waals surface area contributed by atoms with Crippen LogP contribution in [0.1, 0.15) is 33.3 Å². The van der Waals surface area contributed by atoms with E-state index in [9.17, 15) is 19.7 Å². The van der Waals surface area contributed by atoms with E-state index in [0.29, 0.717) is 11.2 Å². The molecule has 0 saturated carbocycles. The number of carbonyl (C=O) groups is 2. The highest BCUT2D eigenvalue weighted by Crippen LogP contribution is 2.30. The number of esters is 1. The van der Waals surface area contributed by atoms with Crippen LogP contribution in [0.4, 0.5) is 5.69 Å². The Hall–Kier alpha value is -4.85. The lowest BCUT2D eigenvalue weighted by atomic mass is 10.0. The lowest BCUT2D eigenvalue weighted by molar-refractivity contribution is -0.384. The molecule has 0 bridgehead atoms. The Kier molecular flexibility index (Phi) is 5.54. The Morgan fingerprint density at radius 3 is 2.49 bits per heavy atom. The Labute approximate surface area is 199 Å². The minimum atomic E-state index is -0.553. The zero-order valence-electron chi connectivity index (χ0n) is 18.7. The Bertz CT molecular complexity index is 1610. The van der Waals surface area contributed by atoms with Crippen molar-refractivity contribution in [3.05, 3.63) is 112 Å². The van der Waals surface area contributed by atoms with Crippen molar-refractivity contribution in [2.75, 3.05) is 6.61 Å². The summed E-state index contributed by atoms with van der Waals surface area (Å²) in [5.41, 5.74) is 2.59. The van der Waals surface area contributed by atoms with Crippen molar-refractivity contribution in [1.82, 2.24) is 9.38 Å². The second kappa shape index (κ2) is 8.83. The molecule has 35 heavy (non-hydrogen) atoms. The topological polar surface area (TPSA) is 104 Å². The second-order valence-electron chi connectivity index (χ2n) is 7.85. The molecule has 8 heteroatoms. The van der Waals surface area contributed by atoms with Gasteiger partial charge in [-0.1, -0.05) is 42.5 Å². The summed E-state index contributed by atoms with van der Waals surface area (Å²) in [6.07, 6.45) is 1.51. The van der Waals surface area contributed by atoms with Gasteiger partial charge in [0.15, 0.2) is 0 Å². The molecule has 0 unspecified atom stereocenters. The highest BCUT2D eigenvalue weighted by molar-refractivity contribution is 6.11. The predicted molar refractivity (Wildman–Crippen MR) is 131 cm³/mol. The fourth-order valence-corrected chi connectivity index (χ4v) is 4.12. The van der Waals surface area contributed by atoms with Crippen LogP contribution >= 0.6 is 0 Å². The number of rotatable bonds is 6. The summed E-state index contributed by atoms with van der Waals surface area (Å²) in [7, 11) is 0. The van der Waals surface area contributed by atoms with Gasteiger partial charge in [-0.05, 0) is 42.0 Å². The van der Waals surface area contributed by atoms with Crippen LogP contribution in [0.5, 0.6) is 0 Å². The van der Waals surface area contributed by atoms with Gasteiger partial charge in [0.1, 0.15) is 6.33 Å². The Morgan fingerprint density at radius 2 is 1.74 bits per heavy atom. The summed E-state index contributed by atoms with van der Waals surface area (Å²) in [6, 6.07) is 22.4. The summed E-state index contributed by atoms with van der Waals surface area (Å²) in [6.45, 7) is 1.89. The van der Waals surface area contributed by atoms with E-state index in [4.69, 9.17) is 4.74 Å². The summed E-state index contributed by atoms with van der Waals surface area (Å²) in [5.74, 6) is -0.951. The SMILES string of the molecule is CCOC(=O)c1cc(C(=O)c2ccc([N+](=O)[O-])cc2)n2cnc(-c3cccc4ccccc34)cc12. The molecule has 3 aromatic carbocycles. The highest BCUT2D eigenvalue weighted by atomic mass is 16.6. The van der Waals surface area contributed by atoms with E-state index in [0.717, 1.165) is 16.3 Å². The Balaban J connectivity index is 1.67. The molecular weight excluding hydrogens is 446 g/mol. The van der Waals surface area contributed by atoms with Crippen molar-refractivity contribution >= 4 is 33.7 Å². The third kappa shape index (κ3) is 3.91. The molecule has 5 aromatic rings. The smallest absolute Gasteiger partial charge is 0.340 e. The maximum atomic E-state index is 13.3. The van der Waals surface area contributed by atoms with Crippen LogP contribution in [0.3, 0.4) is 0 Å². The number of nitro groups is 1. The first-order valence-electron chi connectivity index (χ1n) is 10.9. The number of ether oxygens (including phenoxy) is 1. The third-order valence-electron chi connectivity index (χ3n) is 5.80. The largest absolute Gasteiger partial charge is 0.462 e. The van der Waals surface area contributed by atoms with Crippen LogP contribution in [-0.2, 0) is 4.74 Å². The van der Waals surface area contributed by atoms with Gasteiger partial charge in [0, 0.05) is 23.3 Å². The molecule has 0 radical (unpaired) electrons. The van der Waals surface area contributed by atoms with E-state index < -0.39 is 16.7 Å². The standard InChI is InChI=1S/C27H19N3O5/c1-2-35-27(32)22-14-25(26(31)18-10-12-19(13-11-18)30(33)34)29-16-28-23(15-24(22)29)21-9-5-7-17-6-3-4-8-20(17)21/h3-16H,2H2,1H3. The highest BCUT2D eigenvalue weighted by Gasteiger charge is 2.23. The van der Waals surface area contributed by atoms with Crippen LogP contribution in [0.15, 0.2) is 85.2 Å². The van der Waals surface area contributed by atoms with Crippen LogP contribution in [0, 0.1) is 10.1 Å². The average molecular weight is 465 g/mol. The number of ketones is 1. The van der Waals surface area contributed by atoms with Crippen LogP contribution < -0.4 is 0 Å². The van der Waals surface area contributed by atoms with Gasteiger partial charge in [-0.15, -0.1) is 0 Å². The maximum Gasteiger partial charge on any atom is 0.340 e. The van der Waals surface area contributed by atoms with Crippen molar-refractivity contribution in [3.63, 3.8) is 0 Å². The van der Waals surface area contributed by atoms with Gasteiger partial charge in [0.05, 0.1) is 34.0 Å². The van der Waals surface area contributed by atoms with Gasteiger partial charge >= 0.3 is 5.97 Å². The Morgan fingerprint density at radius 1 is 1.00 bits per heavy atom. The van der Waals surface area contributed by atoms with Crippen molar-refractivity contribution in [1.29, 1.82) is 0 Å². The van der Waals surface area contributed by atoms with Gasteiger partial charge in [-0.3, -0.25) is 19.3 Å². The first-order chi connectivity index (χ1) is 17.0. The van der Waals surface area contributed by atoms with Crippen LogP contribution in [0.25, 0.3) is 27.5 Å². The molecule has 0 N–H and O–H groups in total. The molecule has 2 heterocycles. The van der Waals surface area contributed by atoms with Gasteiger partial charge in [0.2, 0.25) is 5.78 Å². The molecule has 0 fully saturated rings. The number of nitro benzene ring substituents is 1. The first-order valence-corrected chi connectivity index (χ1v) is 10.9. The van der Waals surface area contributed by atoms with Crippen molar-refractivity contribution in [2.45, 2.75) is 6.92 Å². The molecule has 8 nitrogen and oxygen atoms in total. The van der Waals surface area contributed by atoms with Crippen LogP contribution in [0.2, 0.25) is 0 Å². The molecule has 172 valence electrons. The molecule has 2 aromatic heterocycles. The van der Waals surface area contributed by atoms with Crippen molar-refractivity contribution in [2.24, 2.45) is 0 Å². The third-order valence-corrected chi connectivity index (χ3v) is 5.80. The summed E-state index contributed by atoms with van der Waals surface area (Å²) in [4.78, 5) is 41.1. The quantitative estimate of drug-likeness (QED) is 0.143. The zero-order chi connectivity index (χ0) is 24.5. The number of fused-ring (bicyclic) bond motifs is 2. The van der Waals surface area contributed by atoms with Gasteiger partial charge < -0.3 is 4.74 Å². The molecule has 0 aliphatic heterocycles. The molecule has 0 saturated heterocycles. The molecule has 0 aliphatic rings. The number of benzene rings is 3. The molecule has 0 atom stereocenters. The minimum Gasteiger partial charge on any atom is -0.462 e. The fourth-order valence-electron chi connectivity index (χ4n) is 4.12. The summed E-state index contributed by atoms with van der Waals surface area (Å²) < 4.78 is 6.78. The van der Waals surface area contributed by atoms with Crippen molar-refractivity contribution in [3.8, 4) is 11.3 Å². The second-order valence-corrected chi connectivity index (χ2v) is 7.85. The van der Waals surface area contributed by atoms with E-state index >= 15 is 0 Å². The average Bonchev–Trinajstić information content (AvgIpc) is 3.27. The van der Waals surface area contributed by atoms with E-state index in [2.05, 4.69) is 4.98 Å². The fraction of sp³-hybridized carbons (Fsp3) is 0.0741. The molecule has 0 amide bonds. The minimum absolute atomic E-state index is 0.116. The first kappa shape index (κ1) is 22.0. The molecule has 0 spiro atoms. The van der Waals surface area contributed by atoms with E-state index in [1.807, 2.05) is 42.5 Å². The van der Waals surface area contributed by atoms with Crippen LogP contribution in [-0.4, -0.2) is 32.7 Å². The zero-order valence-corrected chi connectivity index (χ0v) is 18.7. The van der Waals surface area contributed by atoms with E-state index in [1.54, 1.807) is 17.4 Å². The maximum absolute atomic E-state index is 13.3. The number of non-ortho nitro benzene ring substituents is 1. The number of hydrogen-bond acceptors (Lipinski definition) is 6. The predicted octanol–water partition coefficient (Wildman–Crippen LogP) is 5.47. The number of aromatic nitrogens is 2. The lowest BCUT2D eigenvalue weighted by Gasteiger charge is -2.08. The van der Waals surface area contributed by atoms with E-state index in [1.165, 1.54) is 36.7 Å². The van der Waals surface area contributed by atoms with Gasteiger partial charge in [-0.25, -0.2) is 9.78 Å². The number of hydrogen-bond donors (Lipinski definition) is 0. The normalized spacial score (nSPS) is 11.0. The monoisotopic (exact) mass is 465 g/mol. The number of carbonyl (C=O) groups excluding carboxylic acids is 2. The molecule has 0 aliphatic carbocycles. The number of nitrogens with zero attached hydrogens (tertiary/aromatic N) is 3. The van der Waals surface area contributed by atoms with E-state index in [-0.39, 0.29) is 29.1 Å². The van der Waals surface area contributed by atoms with Crippen molar-refractivity contribution < 1.29 is 19.2 Å². The summed E-state index contributed by atoms with van der Waals surface area (Å²) >= 11 is 0. The molecular formula is C27H19N3O5. The molecule has 5 rings (SSSR count). The van der Waals surface area contributed by atoms with Gasteiger partial charge in [-0.2, -0.15) is 0 Å². The van der Waals surface area contributed by atoms with Gasteiger partial charge in [0.25, 0.3) is 5.69 Å². The lowest BCUT2D eigenvalue weighted by Crippen LogP contribution is -2.06.